The molecule has 3 atom stereocenters. The topological polar surface area (TPSA) is 453 Å². The number of ether oxygens (including phenoxy) is 6. The second-order valence-corrected chi connectivity index (χ2v) is 47.9. The number of nitrogens with two attached hydrogens (primary N) is 2. The summed E-state index contributed by atoms with van der Waals surface area (Å²) in [6, 6.07) is 44.7. The fourth-order valence-electron chi connectivity index (χ4n) is 11.9. The number of carboxylic acid groups (broad SMARTS) is 6. The van der Waals surface area contributed by atoms with Gasteiger partial charge in [0, 0.05) is 26.8 Å². The Kier molecular flexibility index (Phi) is 48.6. The smallest absolute Gasteiger partial charge is 0.341 e. The lowest BCUT2D eigenvalue weighted by atomic mass is 9.93. The van der Waals surface area contributed by atoms with Gasteiger partial charge in [-0.2, -0.15) is 0 Å². The van der Waals surface area contributed by atoms with Crippen molar-refractivity contribution < 1.29 is 129 Å². The van der Waals surface area contributed by atoms with E-state index in [1.807, 2.05) is 121 Å². The first kappa shape index (κ1) is 114. The number of hydrogen-bond acceptors (Lipinski definition) is 20. The van der Waals surface area contributed by atoms with Crippen molar-refractivity contribution in [2.24, 2.45) is 11.5 Å². The van der Waals surface area contributed by atoms with E-state index in [9.17, 15) is 59.4 Å². The second-order valence-electron chi connectivity index (χ2n) is 29.2. The van der Waals surface area contributed by atoms with Crippen LogP contribution in [0.4, 0.5) is 0 Å². The molecule has 12 rings (SSSR count). The van der Waals surface area contributed by atoms with Gasteiger partial charge in [-0.05, 0) is 614 Å². The molecule has 0 radical (unpaired) electrons. The molecule has 26 nitrogen and oxygen atoms in total. The third kappa shape index (κ3) is 39.1. The molecule has 0 bridgehead atoms. The Morgan fingerprint density at radius 3 is 1.14 bits per heavy atom. The molecule has 11 aromatic carbocycles. The molecular weight excluding hydrogens is 3560 g/mol. The number of phenolic OH excluding ortho intramolecular Hbond substituents is 6. The van der Waals surface area contributed by atoms with E-state index in [0.717, 1.165) is 102 Å². The van der Waals surface area contributed by atoms with E-state index in [1.54, 1.807) is 84.9 Å². The van der Waals surface area contributed by atoms with E-state index >= 15 is 0 Å². The van der Waals surface area contributed by atoms with Gasteiger partial charge in [0.1, 0.15) is 87.2 Å². The predicted octanol–water partition coefficient (Wildman–Crippen LogP) is 27.8. The van der Waals surface area contributed by atoms with Crippen LogP contribution in [-0.2, 0) is 60.9 Å². The molecule has 0 spiro atoms. The van der Waals surface area contributed by atoms with Crippen molar-refractivity contribution in [3.8, 4) is 92.0 Å². The highest BCUT2D eigenvalue weighted by Crippen LogP contribution is 2.43. The standard InChI is InChI=1S/C20H24O4.C15H11I4NO4.C15H12I3NO4.C15H12I2O4.C14H8I4O4.C14H11I3O4.4H2/c1-12(2)17-9-15(5-6-19(17)21)10-18-13(3)7-16(8-14(18)4)24-11-20(22)23;16-8-4-7(5-9(17)13(8)21)24-14-10(18)1-6(2-11(14)19)3-12(20)15(22)23;16-9-6-8(1-2-13(9)20)23-14-10(17)3-7(4-11(14)18)5-12(19)15(21)22;16-12-7-9(1-6-14(19)20)8-13(17)15(12)21-11-4-2-10(18)3-5-11;15-8-4-7(5-9(16)13(8)21)22-14-10(17)1-6(2-11(14)18)3-12(19)20;15-9-3-7(4-13(18)19)1-2-12(9)21-8-5-10(16)14(20)11(17)6-8;;;;/h5-9,12,21H,10-11H2,1-4H3,(H,22,23);1-2,4-5,12,21H,3,20H2,(H,22,23);1-4,6,12,20H,5,19H2,(H,21,22);2-5,7-8,18H,1,6H2,(H,19,20);1-2,4-5,21H,3H2,(H,19,20);1,3,5-6,12,20H,2,4H2,(H,18,19);4*1H/i;;;;;;3*1+2T;1+2. The maximum absolute atomic E-state index is 10.9. The molecular formula is C93H86I16N2O24. The third-order valence-corrected chi connectivity index (χ3v) is 31.6. The Morgan fingerprint density at radius 2 is 0.763 bits per heavy atom. The van der Waals surface area contributed by atoms with Crippen molar-refractivity contribution in [3.05, 3.63) is 283 Å². The van der Waals surface area contributed by atoms with Crippen LogP contribution in [0.15, 0.2) is 179 Å². The number of halogens is 16. The van der Waals surface area contributed by atoms with Crippen molar-refractivity contribution >= 4 is 397 Å². The van der Waals surface area contributed by atoms with Crippen LogP contribution in [0.25, 0.3) is 0 Å². The Bertz CT molecular complexity index is 6120. The quantitative estimate of drug-likeness (QED) is 0.0194. The van der Waals surface area contributed by atoms with Crippen LogP contribution in [-0.4, -0.2) is 122 Å². The predicted molar refractivity (Wildman–Crippen MR) is 657 cm³/mol. The molecule has 0 aliphatic heterocycles. The molecule has 0 saturated heterocycles. The minimum atomic E-state index is -1.02. The first-order valence-electron chi connectivity index (χ1n) is 41.9. The van der Waals surface area contributed by atoms with Crippen molar-refractivity contribution in [1.29, 1.82) is 0 Å². The average molecular weight is 3660 g/mol. The van der Waals surface area contributed by atoms with Gasteiger partial charge in [0.15, 0.2) is 29.6 Å². The normalized spacial score (nSPS) is 12.4. The van der Waals surface area contributed by atoms with Crippen molar-refractivity contribution in [2.45, 2.75) is 103 Å². The summed E-state index contributed by atoms with van der Waals surface area (Å²) in [5.74, 6) is 2.85. The summed E-state index contributed by atoms with van der Waals surface area (Å²) in [5.41, 5.74) is 20.8. The molecule has 42 heteroatoms. The van der Waals surface area contributed by atoms with Crippen LogP contribution >= 0.6 is 361 Å². The highest BCUT2D eigenvalue weighted by atomic mass is 127. The van der Waals surface area contributed by atoms with Gasteiger partial charge in [-0.3, -0.25) is 24.0 Å². The molecule has 724 valence electrons. The molecule has 1 aliphatic rings. The fraction of sp³-hybridized carbons (Fsp3) is 0.183. The van der Waals surface area contributed by atoms with Gasteiger partial charge in [-0.1, -0.05) is 32.1 Å². The summed E-state index contributed by atoms with van der Waals surface area (Å²) < 4.78 is 77.9. The number of hydrogen-bond donors (Lipinski definition) is 14. The lowest BCUT2D eigenvalue weighted by molar-refractivity contribution is -0.140. The zero-order valence-electron chi connectivity index (χ0n) is 76.3. The van der Waals surface area contributed by atoms with Crippen LogP contribution in [0.3, 0.4) is 0 Å². The Morgan fingerprint density at radius 1 is 0.393 bits per heavy atom. The average Bonchev–Trinajstić information content (AvgIpc) is 0.841. The van der Waals surface area contributed by atoms with Crippen molar-refractivity contribution in [3.63, 3.8) is 0 Å². The summed E-state index contributed by atoms with van der Waals surface area (Å²) in [6.07, 6.45) is 6.22. The van der Waals surface area contributed by atoms with E-state index in [2.05, 4.69) is 353 Å². The highest BCUT2D eigenvalue weighted by molar-refractivity contribution is 14.1. The van der Waals surface area contributed by atoms with Gasteiger partial charge in [0.25, 0.3) is 0 Å². The maximum atomic E-state index is 10.9. The summed E-state index contributed by atoms with van der Waals surface area (Å²) >= 11 is 33.8. The van der Waals surface area contributed by atoms with E-state index in [1.165, 1.54) is 5.56 Å². The van der Waals surface area contributed by atoms with Gasteiger partial charge >= 0.3 is 35.8 Å². The van der Waals surface area contributed by atoms with Crippen molar-refractivity contribution in [2.75, 3.05) is 6.61 Å². The number of aliphatic carboxylic acids is 6. The van der Waals surface area contributed by atoms with E-state index in [-0.39, 0.29) is 80.9 Å². The Hall–Kier alpha value is -3.08. The first-order valence-corrected chi connectivity index (χ1v) is 56.2. The van der Waals surface area contributed by atoms with Crippen LogP contribution in [0, 0.1) is 67.4 Å². The number of rotatable bonds is 29. The number of carboxylic acids is 6. The number of aromatic hydroxyl groups is 6. The Balaban J connectivity index is 0.000000433. The third-order valence-electron chi connectivity index (χ3n) is 18.4. The first-order chi connectivity index (χ1) is 66.3. The maximum Gasteiger partial charge on any atom is 0.341 e. The van der Waals surface area contributed by atoms with Gasteiger partial charge in [0.05, 0.1) is 66.4 Å². The van der Waals surface area contributed by atoms with Gasteiger partial charge in [-0.25, -0.2) is 4.79 Å². The van der Waals surface area contributed by atoms with Gasteiger partial charge in [-0.15, -0.1) is 0 Å². The molecule has 1 aliphatic carbocycles. The molecule has 11 aromatic rings. The molecule has 0 heterocycles. The Labute approximate surface area is 1010 Å². The molecule has 0 fully saturated rings. The van der Waals surface area contributed by atoms with Crippen molar-refractivity contribution in [1.82, 2.24) is 0 Å². The zero-order valence-corrected chi connectivity index (χ0v) is 105. The lowest BCUT2D eigenvalue weighted by Gasteiger charge is -2.22. The largest absolute Gasteiger partial charge is 0.508 e. The van der Waals surface area contributed by atoms with E-state index < -0.39 is 47.9 Å². The fourth-order valence-corrected chi connectivity index (χ4v) is 26.8. The molecule has 135 heavy (non-hydrogen) atoms. The summed E-state index contributed by atoms with van der Waals surface area (Å²) in [7, 11) is 0. The SMILES string of the molecule is Cc1cc(OCC(=O)O)cc(C)c1Cc1ccc(O)c(C(C)C)c1.NC(Cc1cc(I)c(Oc2cc(I)c(O)c(I)c2)c(I)c1)C(=O)O.NC(Cc1cc(I)c(Oc2ccc(O)c(I)c2)c(I)c1)C(=O)O.O=C(O)CC1=CCC(Oc2cc(I)c(O)c(I)c2)C(I)=C1.O=C(O)CCc1cc(I)c(Oc2ccc(O)cc2)c(I)c1.O=C(O)Cc1cc(I)c(Oc2cc(I)c(O)c(I)c2)c(I)c1.[3HH].[3H][3H].[3H][3H].[3H][3H]. The zero-order chi connectivity index (χ0) is 106. The number of benzene rings is 11. The van der Waals surface area contributed by atoms with Crippen LogP contribution in [0.5, 0.6) is 92.0 Å². The second kappa shape index (κ2) is 57.6. The van der Waals surface area contributed by atoms with Crippen LogP contribution in [0.2, 0.25) is 0 Å². The number of carbonyl (C=O) groups is 6. The molecule has 0 aromatic heterocycles. The molecule has 3 unspecified atom stereocenters. The number of phenols is 6. The molecule has 0 amide bonds. The lowest BCUT2D eigenvalue weighted by Crippen LogP contribution is -2.32. The van der Waals surface area contributed by atoms with E-state index in [0.29, 0.717) is 88.2 Å². The minimum Gasteiger partial charge on any atom is -0.508 e. The summed E-state index contributed by atoms with van der Waals surface area (Å²) in [6.45, 7) is 7.78. The number of allylic oxidation sites excluding steroid dienone is 1. The van der Waals surface area contributed by atoms with E-state index in [4.69, 9.17) is 79.4 Å². The van der Waals surface area contributed by atoms with Gasteiger partial charge < -0.3 is 101 Å². The summed E-state index contributed by atoms with van der Waals surface area (Å²) in [5, 5.41) is 111. The monoisotopic (exact) mass is 3660 g/mol. The molecule has 0 saturated carbocycles. The van der Waals surface area contributed by atoms with Gasteiger partial charge in [0.2, 0.25) is 0 Å². The highest BCUT2D eigenvalue weighted by Gasteiger charge is 2.25. The van der Waals surface area contributed by atoms with Crippen LogP contribution < -0.4 is 39.9 Å². The minimum absolute atomic E-state index is 0. The number of aryl methyl sites for hydroxylation is 3. The molecule has 16 N–H and O–H groups in total. The van der Waals surface area contributed by atoms with Crippen LogP contribution in [0.1, 0.15) is 99.4 Å². The summed E-state index contributed by atoms with van der Waals surface area (Å²) in [4.78, 5) is 64.5.